The van der Waals surface area contributed by atoms with Crippen LogP contribution in [-0.2, 0) is 9.53 Å². The number of ether oxygens (including phenoxy) is 1. The Morgan fingerprint density at radius 2 is 2.11 bits per heavy atom. The van der Waals surface area contributed by atoms with Crippen LogP contribution in [0.2, 0.25) is 5.02 Å². The third-order valence-electron chi connectivity index (χ3n) is 3.42. The molecule has 1 fully saturated rings. The molecule has 0 saturated carbocycles. The molecule has 1 saturated heterocycles. The number of benzene rings is 1. The average molecular weight is 269 g/mol. The van der Waals surface area contributed by atoms with Gasteiger partial charge in [-0.1, -0.05) is 17.7 Å². The molecule has 1 heterocycles. The highest BCUT2D eigenvalue weighted by atomic mass is 35.5. The van der Waals surface area contributed by atoms with E-state index in [1.807, 2.05) is 24.3 Å². The van der Waals surface area contributed by atoms with E-state index in [0.29, 0.717) is 17.9 Å². The SMILES string of the molecule is COC(=O)C1(N)CCN(c2cccc(Cl)c2)CC1. The molecular formula is C13H17ClN2O2. The predicted molar refractivity (Wildman–Crippen MR) is 71.8 cm³/mol. The Morgan fingerprint density at radius 3 is 2.67 bits per heavy atom. The van der Waals surface area contributed by atoms with E-state index in [1.54, 1.807) is 0 Å². The molecule has 0 radical (unpaired) electrons. The normalized spacial score (nSPS) is 18.5. The molecule has 2 N–H and O–H groups in total. The standard InChI is InChI=1S/C13H17ClN2O2/c1-18-12(17)13(15)5-7-16(8-6-13)11-4-2-3-10(14)9-11/h2-4,9H,5-8,15H2,1H3. The summed E-state index contributed by atoms with van der Waals surface area (Å²) in [5.41, 5.74) is 6.28. The summed E-state index contributed by atoms with van der Waals surface area (Å²) in [5, 5.41) is 0.713. The maximum Gasteiger partial charge on any atom is 0.325 e. The first kappa shape index (κ1) is 13.2. The van der Waals surface area contributed by atoms with Crippen molar-refractivity contribution in [2.75, 3.05) is 25.1 Å². The van der Waals surface area contributed by atoms with Gasteiger partial charge in [-0.05, 0) is 31.0 Å². The largest absolute Gasteiger partial charge is 0.468 e. The lowest BCUT2D eigenvalue weighted by Crippen LogP contribution is -2.56. The Morgan fingerprint density at radius 1 is 1.44 bits per heavy atom. The Bertz CT molecular complexity index is 442. The number of hydrogen-bond acceptors (Lipinski definition) is 4. The van der Waals surface area contributed by atoms with Crippen molar-refractivity contribution in [3.05, 3.63) is 29.3 Å². The van der Waals surface area contributed by atoms with Crippen molar-refractivity contribution in [3.8, 4) is 0 Å². The maximum absolute atomic E-state index is 11.6. The molecule has 5 heteroatoms. The molecule has 98 valence electrons. The van der Waals surface area contributed by atoms with E-state index in [4.69, 9.17) is 22.1 Å². The summed E-state index contributed by atoms with van der Waals surface area (Å²) in [5.74, 6) is -0.326. The molecule has 1 aromatic carbocycles. The predicted octanol–water partition coefficient (Wildman–Crippen LogP) is 1.81. The molecule has 0 spiro atoms. The number of hydrogen-bond donors (Lipinski definition) is 1. The molecule has 0 aromatic heterocycles. The Hall–Kier alpha value is -1.26. The van der Waals surface area contributed by atoms with E-state index in [2.05, 4.69) is 4.90 Å². The Balaban J connectivity index is 2.05. The van der Waals surface area contributed by atoms with Gasteiger partial charge in [-0.3, -0.25) is 4.79 Å². The highest BCUT2D eigenvalue weighted by Crippen LogP contribution is 2.27. The minimum atomic E-state index is -0.843. The molecule has 0 amide bonds. The first-order valence-corrected chi connectivity index (χ1v) is 6.31. The van der Waals surface area contributed by atoms with Crippen LogP contribution in [0.15, 0.2) is 24.3 Å². The lowest BCUT2D eigenvalue weighted by atomic mass is 9.88. The van der Waals surface area contributed by atoms with Crippen LogP contribution >= 0.6 is 11.6 Å². The number of nitrogens with zero attached hydrogens (tertiary/aromatic N) is 1. The second-order valence-electron chi connectivity index (χ2n) is 4.61. The first-order chi connectivity index (χ1) is 8.55. The summed E-state index contributed by atoms with van der Waals surface area (Å²) in [7, 11) is 1.38. The number of methoxy groups -OCH3 is 1. The number of esters is 1. The van der Waals surface area contributed by atoms with Crippen molar-refractivity contribution in [1.29, 1.82) is 0 Å². The monoisotopic (exact) mass is 268 g/mol. The number of anilines is 1. The van der Waals surface area contributed by atoms with Gasteiger partial charge in [0, 0.05) is 23.8 Å². The van der Waals surface area contributed by atoms with Crippen molar-refractivity contribution in [3.63, 3.8) is 0 Å². The molecule has 2 rings (SSSR count). The fourth-order valence-electron chi connectivity index (χ4n) is 2.24. The van der Waals surface area contributed by atoms with Gasteiger partial charge >= 0.3 is 5.97 Å². The Kier molecular flexibility index (Phi) is 3.78. The lowest BCUT2D eigenvalue weighted by molar-refractivity contribution is -0.147. The zero-order valence-corrected chi connectivity index (χ0v) is 11.1. The van der Waals surface area contributed by atoms with Crippen LogP contribution < -0.4 is 10.6 Å². The molecule has 0 atom stereocenters. The number of nitrogens with two attached hydrogens (primary N) is 1. The zero-order chi connectivity index (χ0) is 13.2. The van der Waals surface area contributed by atoms with E-state index < -0.39 is 5.54 Å². The van der Waals surface area contributed by atoms with Crippen molar-refractivity contribution in [1.82, 2.24) is 0 Å². The molecule has 0 unspecified atom stereocenters. The average Bonchev–Trinajstić information content (AvgIpc) is 2.38. The molecule has 0 bridgehead atoms. The van der Waals surface area contributed by atoms with Gasteiger partial charge in [-0.25, -0.2) is 0 Å². The quantitative estimate of drug-likeness (QED) is 0.831. The number of rotatable bonds is 2. The minimum Gasteiger partial charge on any atom is -0.468 e. The smallest absolute Gasteiger partial charge is 0.325 e. The maximum atomic E-state index is 11.6. The number of carbonyl (C=O) groups is 1. The van der Waals surface area contributed by atoms with Crippen LogP contribution in [0.5, 0.6) is 0 Å². The highest BCUT2D eigenvalue weighted by Gasteiger charge is 2.38. The third-order valence-corrected chi connectivity index (χ3v) is 3.66. The van der Waals surface area contributed by atoms with E-state index in [9.17, 15) is 4.79 Å². The van der Waals surface area contributed by atoms with Crippen LogP contribution in [0, 0.1) is 0 Å². The Labute approximate surface area is 112 Å². The summed E-state index contributed by atoms with van der Waals surface area (Å²) in [6, 6.07) is 7.69. The van der Waals surface area contributed by atoms with Crippen molar-refractivity contribution in [2.24, 2.45) is 5.73 Å². The van der Waals surface area contributed by atoms with E-state index in [-0.39, 0.29) is 5.97 Å². The van der Waals surface area contributed by atoms with E-state index in [1.165, 1.54) is 7.11 Å². The van der Waals surface area contributed by atoms with Gasteiger partial charge in [0.15, 0.2) is 0 Å². The number of carbonyl (C=O) groups excluding carboxylic acids is 1. The minimum absolute atomic E-state index is 0.326. The third kappa shape index (κ3) is 2.60. The van der Waals surface area contributed by atoms with Crippen molar-refractivity contribution < 1.29 is 9.53 Å². The van der Waals surface area contributed by atoms with Crippen LogP contribution in [0.1, 0.15) is 12.8 Å². The topological polar surface area (TPSA) is 55.6 Å². The van der Waals surface area contributed by atoms with Crippen LogP contribution in [0.4, 0.5) is 5.69 Å². The second-order valence-corrected chi connectivity index (χ2v) is 5.05. The molecule has 1 aliphatic rings. The van der Waals surface area contributed by atoms with Crippen LogP contribution in [0.3, 0.4) is 0 Å². The van der Waals surface area contributed by atoms with Gasteiger partial charge in [0.25, 0.3) is 0 Å². The number of piperidine rings is 1. The van der Waals surface area contributed by atoms with Gasteiger partial charge in [0.1, 0.15) is 5.54 Å². The summed E-state index contributed by atoms with van der Waals surface area (Å²) in [6.07, 6.45) is 1.18. The summed E-state index contributed by atoms with van der Waals surface area (Å²) >= 11 is 5.97. The molecule has 4 nitrogen and oxygen atoms in total. The van der Waals surface area contributed by atoms with Gasteiger partial charge in [0.05, 0.1) is 7.11 Å². The summed E-state index contributed by atoms with van der Waals surface area (Å²) < 4.78 is 4.75. The first-order valence-electron chi connectivity index (χ1n) is 5.93. The highest BCUT2D eigenvalue weighted by molar-refractivity contribution is 6.30. The zero-order valence-electron chi connectivity index (χ0n) is 10.4. The molecular weight excluding hydrogens is 252 g/mol. The summed E-state index contributed by atoms with van der Waals surface area (Å²) in [6.45, 7) is 1.46. The van der Waals surface area contributed by atoms with E-state index >= 15 is 0 Å². The van der Waals surface area contributed by atoms with Gasteiger partial charge in [-0.15, -0.1) is 0 Å². The van der Waals surface area contributed by atoms with E-state index in [0.717, 1.165) is 18.8 Å². The molecule has 0 aliphatic carbocycles. The molecule has 1 aliphatic heterocycles. The number of halogens is 1. The molecule has 1 aromatic rings. The second kappa shape index (κ2) is 5.16. The van der Waals surface area contributed by atoms with Gasteiger partial charge in [0.2, 0.25) is 0 Å². The van der Waals surface area contributed by atoms with Crippen LogP contribution in [-0.4, -0.2) is 31.7 Å². The van der Waals surface area contributed by atoms with Gasteiger partial charge in [-0.2, -0.15) is 0 Å². The molecule has 18 heavy (non-hydrogen) atoms. The fraction of sp³-hybridized carbons (Fsp3) is 0.462. The lowest BCUT2D eigenvalue weighted by Gasteiger charge is -2.38. The van der Waals surface area contributed by atoms with Crippen molar-refractivity contribution >= 4 is 23.3 Å². The summed E-state index contributed by atoms with van der Waals surface area (Å²) in [4.78, 5) is 13.8. The van der Waals surface area contributed by atoms with Crippen LogP contribution in [0.25, 0.3) is 0 Å². The van der Waals surface area contributed by atoms with Crippen molar-refractivity contribution in [2.45, 2.75) is 18.4 Å². The fourth-order valence-corrected chi connectivity index (χ4v) is 2.43. The van der Waals surface area contributed by atoms with Gasteiger partial charge < -0.3 is 15.4 Å².